The molecule has 18 heavy (non-hydrogen) atoms. The Kier molecular flexibility index (Phi) is 4.06. The molecule has 102 valence electrons. The van der Waals surface area contributed by atoms with E-state index in [4.69, 9.17) is 0 Å². The van der Waals surface area contributed by atoms with E-state index < -0.39 is 0 Å². The molecular formula is C12H22N4O2. The lowest BCUT2D eigenvalue weighted by molar-refractivity contribution is -0.122. The number of nitrogens with zero attached hydrogens (tertiary/aromatic N) is 2. The number of amides is 3. The van der Waals surface area contributed by atoms with Crippen LogP contribution >= 0.6 is 0 Å². The SMILES string of the molecule is CCC(C)NC(=O)CN1CC2CNCCN2C1=O. The van der Waals surface area contributed by atoms with E-state index in [0.717, 1.165) is 26.1 Å². The third kappa shape index (κ3) is 2.75. The smallest absolute Gasteiger partial charge is 0.320 e. The first-order valence-electron chi connectivity index (χ1n) is 6.67. The van der Waals surface area contributed by atoms with Crippen LogP contribution in [0, 0.1) is 0 Å². The summed E-state index contributed by atoms with van der Waals surface area (Å²) >= 11 is 0. The summed E-state index contributed by atoms with van der Waals surface area (Å²) in [5.41, 5.74) is 0. The molecular weight excluding hydrogens is 232 g/mol. The van der Waals surface area contributed by atoms with Crippen LogP contribution in [0.5, 0.6) is 0 Å². The summed E-state index contributed by atoms with van der Waals surface area (Å²) in [6.07, 6.45) is 0.901. The fraction of sp³-hybridized carbons (Fsp3) is 0.833. The molecule has 2 N–H and O–H groups in total. The maximum Gasteiger partial charge on any atom is 0.320 e. The van der Waals surface area contributed by atoms with Gasteiger partial charge in [0.15, 0.2) is 0 Å². The van der Waals surface area contributed by atoms with Crippen LogP contribution in [0.15, 0.2) is 0 Å². The molecule has 2 rings (SSSR count). The van der Waals surface area contributed by atoms with E-state index in [2.05, 4.69) is 10.6 Å². The van der Waals surface area contributed by atoms with Crippen LogP contribution in [-0.4, -0.2) is 66.5 Å². The lowest BCUT2D eigenvalue weighted by Gasteiger charge is -2.28. The van der Waals surface area contributed by atoms with Gasteiger partial charge in [-0.2, -0.15) is 0 Å². The van der Waals surface area contributed by atoms with E-state index in [1.807, 2.05) is 18.7 Å². The Morgan fingerprint density at radius 2 is 2.39 bits per heavy atom. The van der Waals surface area contributed by atoms with E-state index in [9.17, 15) is 9.59 Å². The first-order valence-corrected chi connectivity index (χ1v) is 6.67. The second kappa shape index (κ2) is 5.56. The van der Waals surface area contributed by atoms with Crippen molar-refractivity contribution in [1.82, 2.24) is 20.4 Å². The van der Waals surface area contributed by atoms with Crippen LogP contribution < -0.4 is 10.6 Å². The van der Waals surface area contributed by atoms with Crippen molar-refractivity contribution in [1.29, 1.82) is 0 Å². The van der Waals surface area contributed by atoms with Crippen LogP contribution in [-0.2, 0) is 4.79 Å². The number of urea groups is 1. The van der Waals surface area contributed by atoms with Gasteiger partial charge in [0.2, 0.25) is 5.91 Å². The van der Waals surface area contributed by atoms with Crippen molar-refractivity contribution in [3.63, 3.8) is 0 Å². The molecule has 2 aliphatic heterocycles. The van der Waals surface area contributed by atoms with Gasteiger partial charge in [-0.25, -0.2) is 4.79 Å². The van der Waals surface area contributed by atoms with Crippen molar-refractivity contribution < 1.29 is 9.59 Å². The predicted octanol–water partition coefficient (Wildman–Crippen LogP) is -0.389. The number of fused-ring (bicyclic) bond motifs is 1. The second-order valence-electron chi connectivity index (χ2n) is 5.09. The number of hydrogen-bond donors (Lipinski definition) is 2. The zero-order valence-corrected chi connectivity index (χ0v) is 11.1. The third-order valence-electron chi connectivity index (χ3n) is 3.65. The summed E-state index contributed by atoms with van der Waals surface area (Å²) in [6.45, 7) is 7.24. The zero-order valence-electron chi connectivity index (χ0n) is 11.1. The summed E-state index contributed by atoms with van der Waals surface area (Å²) < 4.78 is 0. The topological polar surface area (TPSA) is 64.7 Å². The number of piperazine rings is 1. The fourth-order valence-electron chi connectivity index (χ4n) is 2.42. The molecule has 0 saturated carbocycles. The summed E-state index contributed by atoms with van der Waals surface area (Å²) in [7, 11) is 0. The van der Waals surface area contributed by atoms with Crippen LogP contribution in [0.2, 0.25) is 0 Å². The quantitative estimate of drug-likeness (QED) is 0.718. The molecule has 0 bridgehead atoms. The molecule has 6 nitrogen and oxygen atoms in total. The van der Waals surface area contributed by atoms with Crippen LogP contribution in [0.3, 0.4) is 0 Å². The van der Waals surface area contributed by atoms with E-state index in [1.165, 1.54) is 0 Å². The lowest BCUT2D eigenvalue weighted by atomic mass is 10.2. The molecule has 0 aromatic heterocycles. The number of carbonyl (C=O) groups excluding carboxylic acids is 2. The Balaban J connectivity index is 1.86. The van der Waals surface area contributed by atoms with Gasteiger partial charge in [-0.05, 0) is 13.3 Å². The van der Waals surface area contributed by atoms with Gasteiger partial charge in [0.1, 0.15) is 6.54 Å². The molecule has 6 heteroatoms. The fourth-order valence-corrected chi connectivity index (χ4v) is 2.42. The molecule has 2 saturated heterocycles. The van der Waals surface area contributed by atoms with Crippen molar-refractivity contribution in [2.45, 2.75) is 32.4 Å². The maximum absolute atomic E-state index is 12.1. The predicted molar refractivity (Wildman–Crippen MR) is 68.2 cm³/mol. The van der Waals surface area contributed by atoms with Crippen LogP contribution in [0.25, 0.3) is 0 Å². The molecule has 2 atom stereocenters. The van der Waals surface area contributed by atoms with Gasteiger partial charge in [0, 0.05) is 32.2 Å². The minimum atomic E-state index is -0.0643. The molecule has 0 aliphatic carbocycles. The number of carbonyl (C=O) groups is 2. The highest BCUT2D eigenvalue weighted by molar-refractivity contribution is 5.85. The second-order valence-corrected chi connectivity index (χ2v) is 5.09. The number of hydrogen-bond acceptors (Lipinski definition) is 3. The Labute approximate surface area is 108 Å². The van der Waals surface area contributed by atoms with Crippen molar-refractivity contribution in [2.24, 2.45) is 0 Å². The minimum absolute atomic E-state index is 0.000742. The molecule has 2 fully saturated rings. The van der Waals surface area contributed by atoms with Crippen LogP contribution in [0.1, 0.15) is 20.3 Å². The van der Waals surface area contributed by atoms with Crippen molar-refractivity contribution in [3.05, 3.63) is 0 Å². The lowest BCUT2D eigenvalue weighted by Crippen LogP contribution is -2.50. The molecule has 2 heterocycles. The highest BCUT2D eigenvalue weighted by atomic mass is 16.2. The van der Waals surface area contributed by atoms with Gasteiger partial charge >= 0.3 is 6.03 Å². The molecule has 0 aromatic rings. The van der Waals surface area contributed by atoms with E-state index in [1.54, 1.807) is 4.90 Å². The van der Waals surface area contributed by atoms with Gasteiger partial charge < -0.3 is 20.4 Å². The molecule has 0 aromatic carbocycles. The highest BCUT2D eigenvalue weighted by Gasteiger charge is 2.38. The maximum atomic E-state index is 12.1. The van der Waals surface area contributed by atoms with Gasteiger partial charge in [0.25, 0.3) is 0 Å². The Hall–Kier alpha value is -1.30. The van der Waals surface area contributed by atoms with E-state index in [-0.39, 0.29) is 30.6 Å². The summed E-state index contributed by atoms with van der Waals surface area (Å²) in [5.74, 6) is -0.0643. The molecule has 2 unspecified atom stereocenters. The minimum Gasteiger partial charge on any atom is -0.352 e. The Bertz CT molecular complexity index is 334. The molecule has 2 aliphatic rings. The Morgan fingerprint density at radius 1 is 1.61 bits per heavy atom. The van der Waals surface area contributed by atoms with Crippen molar-refractivity contribution in [3.8, 4) is 0 Å². The summed E-state index contributed by atoms with van der Waals surface area (Å²) in [5, 5.41) is 6.16. The van der Waals surface area contributed by atoms with Crippen molar-refractivity contribution >= 4 is 11.9 Å². The van der Waals surface area contributed by atoms with Gasteiger partial charge in [-0.1, -0.05) is 6.92 Å². The molecule has 3 amide bonds. The number of nitrogens with one attached hydrogen (secondary N) is 2. The standard InChI is InChI=1S/C12H22N4O2/c1-3-9(2)14-11(17)8-15-7-10-6-13-4-5-16(10)12(15)18/h9-10,13H,3-8H2,1-2H3,(H,14,17). The third-order valence-corrected chi connectivity index (χ3v) is 3.65. The Morgan fingerprint density at radius 3 is 3.06 bits per heavy atom. The first-order chi connectivity index (χ1) is 8.61. The summed E-state index contributed by atoms with van der Waals surface area (Å²) in [4.78, 5) is 27.4. The largest absolute Gasteiger partial charge is 0.352 e. The van der Waals surface area contributed by atoms with Gasteiger partial charge in [0.05, 0.1) is 6.04 Å². The monoisotopic (exact) mass is 254 g/mol. The van der Waals surface area contributed by atoms with Gasteiger partial charge in [-0.15, -0.1) is 0 Å². The summed E-state index contributed by atoms with van der Waals surface area (Å²) in [6, 6.07) is 0.392. The highest BCUT2D eigenvalue weighted by Crippen LogP contribution is 2.16. The van der Waals surface area contributed by atoms with Crippen LogP contribution in [0.4, 0.5) is 4.79 Å². The zero-order chi connectivity index (χ0) is 13.1. The molecule has 0 radical (unpaired) electrons. The molecule has 0 spiro atoms. The van der Waals surface area contributed by atoms with E-state index in [0.29, 0.717) is 6.54 Å². The van der Waals surface area contributed by atoms with Gasteiger partial charge in [-0.3, -0.25) is 4.79 Å². The van der Waals surface area contributed by atoms with Crippen molar-refractivity contribution in [2.75, 3.05) is 32.7 Å². The average Bonchev–Trinajstić information content (AvgIpc) is 2.66. The average molecular weight is 254 g/mol. The number of rotatable bonds is 4. The first kappa shape index (κ1) is 13.1. The normalized spacial score (nSPS) is 25.0. The van der Waals surface area contributed by atoms with E-state index >= 15 is 0 Å².